The van der Waals surface area contributed by atoms with Gasteiger partial charge in [0.1, 0.15) is 5.69 Å². The summed E-state index contributed by atoms with van der Waals surface area (Å²) in [5.74, 6) is -0.109. The molecule has 1 aliphatic rings. The number of piperidine rings is 1. The van der Waals surface area contributed by atoms with Gasteiger partial charge in [-0.05, 0) is 25.8 Å². The summed E-state index contributed by atoms with van der Waals surface area (Å²) in [4.78, 5) is 27.6. The molecule has 18 heavy (non-hydrogen) atoms. The summed E-state index contributed by atoms with van der Waals surface area (Å²) in [5.41, 5.74) is 0.113. The first-order valence-corrected chi connectivity index (χ1v) is 6.31. The Balaban J connectivity index is 1.97. The lowest BCUT2D eigenvalue weighted by Gasteiger charge is -2.31. The fraction of sp³-hybridized carbons (Fsp3) is 0.538. The summed E-state index contributed by atoms with van der Waals surface area (Å²) in [6.07, 6.45) is 1.97. The van der Waals surface area contributed by atoms with Gasteiger partial charge in [-0.3, -0.25) is 9.59 Å². The number of hydrogen-bond acceptors (Lipinski definition) is 3. The molecule has 0 unspecified atom stereocenters. The van der Waals surface area contributed by atoms with E-state index in [1.54, 1.807) is 17.0 Å². The molecule has 5 nitrogen and oxygen atoms in total. The highest BCUT2D eigenvalue weighted by Gasteiger charge is 2.24. The standard InChI is InChI=1S/C13H18N2O3/c1-2-18-10-6-8-15(9-7-10)13(17)11-4-3-5-12(16)14-11/h3-5,10H,2,6-9H2,1H3,(H,14,16). The van der Waals surface area contributed by atoms with E-state index in [0.717, 1.165) is 12.8 Å². The van der Waals surface area contributed by atoms with Crippen molar-refractivity contribution in [1.82, 2.24) is 9.88 Å². The van der Waals surface area contributed by atoms with Crippen molar-refractivity contribution in [3.8, 4) is 0 Å². The molecule has 1 amide bonds. The number of rotatable bonds is 3. The number of carbonyl (C=O) groups excluding carboxylic acids is 1. The maximum Gasteiger partial charge on any atom is 0.270 e. The molecular weight excluding hydrogens is 232 g/mol. The first-order chi connectivity index (χ1) is 8.70. The van der Waals surface area contributed by atoms with Crippen LogP contribution in [0.3, 0.4) is 0 Å². The molecule has 1 fully saturated rings. The highest BCUT2D eigenvalue weighted by molar-refractivity contribution is 5.92. The van der Waals surface area contributed by atoms with Gasteiger partial charge in [-0.1, -0.05) is 6.07 Å². The second kappa shape index (κ2) is 5.82. The zero-order valence-electron chi connectivity index (χ0n) is 10.5. The minimum atomic E-state index is -0.245. The second-order valence-electron chi connectivity index (χ2n) is 4.38. The van der Waals surface area contributed by atoms with Crippen LogP contribution in [0.2, 0.25) is 0 Å². The van der Waals surface area contributed by atoms with Crippen molar-refractivity contribution in [2.24, 2.45) is 0 Å². The van der Waals surface area contributed by atoms with Crippen LogP contribution in [-0.4, -0.2) is 41.6 Å². The molecule has 1 saturated heterocycles. The Morgan fingerprint density at radius 3 is 2.78 bits per heavy atom. The summed E-state index contributed by atoms with van der Waals surface area (Å²) < 4.78 is 5.54. The van der Waals surface area contributed by atoms with Gasteiger partial charge in [-0.2, -0.15) is 0 Å². The molecular formula is C13H18N2O3. The van der Waals surface area contributed by atoms with Gasteiger partial charge in [0.2, 0.25) is 5.56 Å². The molecule has 0 spiro atoms. The fourth-order valence-corrected chi connectivity index (χ4v) is 2.20. The van der Waals surface area contributed by atoms with E-state index in [0.29, 0.717) is 25.4 Å². The Hall–Kier alpha value is -1.62. The lowest BCUT2D eigenvalue weighted by Crippen LogP contribution is -2.41. The molecule has 0 radical (unpaired) electrons. The third kappa shape index (κ3) is 2.98. The fourth-order valence-electron chi connectivity index (χ4n) is 2.20. The van der Waals surface area contributed by atoms with Crippen LogP contribution >= 0.6 is 0 Å². The Labute approximate surface area is 106 Å². The number of H-pyrrole nitrogens is 1. The quantitative estimate of drug-likeness (QED) is 0.871. The maximum absolute atomic E-state index is 12.1. The number of aromatic nitrogens is 1. The lowest BCUT2D eigenvalue weighted by molar-refractivity contribution is 0.0144. The van der Waals surface area contributed by atoms with Gasteiger partial charge in [-0.25, -0.2) is 0 Å². The zero-order chi connectivity index (χ0) is 13.0. The van der Waals surface area contributed by atoms with Crippen LogP contribution in [-0.2, 0) is 4.74 Å². The van der Waals surface area contributed by atoms with E-state index in [9.17, 15) is 9.59 Å². The predicted octanol–water partition coefficient (Wildman–Crippen LogP) is 1.02. The van der Waals surface area contributed by atoms with E-state index in [-0.39, 0.29) is 17.6 Å². The number of hydrogen-bond donors (Lipinski definition) is 1. The van der Waals surface area contributed by atoms with Crippen molar-refractivity contribution in [2.75, 3.05) is 19.7 Å². The average Bonchev–Trinajstić information content (AvgIpc) is 2.39. The van der Waals surface area contributed by atoms with E-state index in [2.05, 4.69) is 4.98 Å². The van der Waals surface area contributed by atoms with Crippen LogP contribution in [0.5, 0.6) is 0 Å². The van der Waals surface area contributed by atoms with E-state index in [1.807, 2.05) is 6.92 Å². The summed E-state index contributed by atoms with van der Waals surface area (Å²) in [5, 5.41) is 0. The van der Waals surface area contributed by atoms with Crippen molar-refractivity contribution in [2.45, 2.75) is 25.9 Å². The third-order valence-corrected chi connectivity index (χ3v) is 3.13. The molecule has 1 aromatic rings. The minimum Gasteiger partial charge on any atom is -0.378 e. The van der Waals surface area contributed by atoms with Gasteiger partial charge in [0, 0.05) is 25.8 Å². The summed E-state index contributed by atoms with van der Waals surface area (Å²) in [6, 6.07) is 4.63. The van der Waals surface area contributed by atoms with Crippen molar-refractivity contribution in [1.29, 1.82) is 0 Å². The first-order valence-electron chi connectivity index (χ1n) is 6.31. The summed E-state index contributed by atoms with van der Waals surface area (Å²) >= 11 is 0. The van der Waals surface area contributed by atoms with Crippen LogP contribution < -0.4 is 5.56 Å². The van der Waals surface area contributed by atoms with Gasteiger partial charge in [0.25, 0.3) is 5.91 Å². The number of nitrogens with zero attached hydrogens (tertiary/aromatic N) is 1. The predicted molar refractivity (Wildman–Crippen MR) is 67.6 cm³/mol. The van der Waals surface area contributed by atoms with E-state index in [4.69, 9.17) is 4.74 Å². The lowest BCUT2D eigenvalue weighted by atomic mass is 10.1. The SMILES string of the molecule is CCOC1CCN(C(=O)c2cccc(=O)[nH]2)CC1. The molecule has 98 valence electrons. The maximum atomic E-state index is 12.1. The minimum absolute atomic E-state index is 0.109. The molecule has 1 aromatic heterocycles. The van der Waals surface area contributed by atoms with E-state index < -0.39 is 0 Å². The van der Waals surface area contributed by atoms with Gasteiger partial charge < -0.3 is 14.6 Å². The molecule has 5 heteroatoms. The van der Waals surface area contributed by atoms with Crippen LogP contribution in [0.1, 0.15) is 30.3 Å². The van der Waals surface area contributed by atoms with Crippen molar-refractivity contribution in [3.05, 3.63) is 34.2 Å². The van der Waals surface area contributed by atoms with Gasteiger partial charge in [0.15, 0.2) is 0 Å². The number of nitrogens with one attached hydrogen (secondary N) is 1. The average molecular weight is 250 g/mol. The molecule has 0 atom stereocenters. The largest absolute Gasteiger partial charge is 0.378 e. The number of likely N-dealkylation sites (tertiary alicyclic amines) is 1. The highest BCUT2D eigenvalue weighted by Crippen LogP contribution is 2.15. The molecule has 0 aliphatic carbocycles. The third-order valence-electron chi connectivity index (χ3n) is 3.13. The normalized spacial score (nSPS) is 16.8. The van der Waals surface area contributed by atoms with Gasteiger partial charge in [-0.15, -0.1) is 0 Å². The molecule has 2 heterocycles. The van der Waals surface area contributed by atoms with Crippen LogP contribution in [0.25, 0.3) is 0 Å². The number of pyridine rings is 1. The van der Waals surface area contributed by atoms with Gasteiger partial charge in [0.05, 0.1) is 6.10 Å². The highest BCUT2D eigenvalue weighted by atomic mass is 16.5. The molecule has 1 aliphatic heterocycles. The van der Waals surface area contributed by atoms with E-state index >= 15 is 0 Å². The smallest absolute Gasteiger partial charge is 0.270 e. The molecule has 0 saturated carbocycles. The molecule has 0 bridgehead atoms. The van der Waals surface area contributed by atoms with Crippen molar-refractivity contribution in [3.63, 3.8) is 0 Å². The van der Waals surface area contributed by atoms with Crippen LogP contribution in [0, 0.1) is 0 Å². The number of aromatic amines is 1. The molecule has 1 N–H and O–H groups in total. The van der Waals surface area contributed by atoms with Crippen LogP contribution in [0.4, 0.5) is 0 Å². The van der Waals surface area contributed by atoms with E-state index in [1.165, 1.54) is 6.07 Å². The number of carbonyl (C=O) groups is 1. The number of ether oxygens (including phenoxy) is 1. The Morgan fingerprint density at radius 2 is 2.17 bits per heavy atom. The Morgan fingerprint density at radius 1 is 1.44 bits per heavy atom. The first kappa shape index (κ1) is 12.8. The van der Waals surface area contributed by atoms with Crippen molar-refractivity contribution < 1.29 is 9.53 Å². The molecule has 0 aromatic carbocycles. The van der Waals surface area contributed by atoms with Crippen LogP contribution in [0.15, 0.2) is 23.0 Å². The summed E-state index contributed by atoms with van der Waals surface area (Å²) in [6.45, 7) is 4.05. The molecule has 2 rings (SSSR count). The zero-order valence-corrected chi connectivity index (χ0v) is 10.5. The van der Waals surface area contributed by atoms with Gasteiger partial charge >= 0.3 is 0 Å². The topological polar surface area (TPSA) is 62.4 Å². The second-order valence-corrected chi connectivity index (χ2v) is 4.38. The number of amides is 1. The Kier molecular flexibility index (Phi) is 4.15. The van der Waals surface area contributed by atoms with Crippen molar-refractivity contribution >= 4 is 5.91 Å². The Bertz CT molecular complexity index is 461. The summed E-state index contributed by atoms with van der Waals surface area (Å²) in [7, 11) is 0. The monoisotopic (exact) mass is 250 g/mol.